The van der Waals surface area contributed by atoms with Gasteiger partial charge in [-0.2, -0.15) is 13.2 Å². The first-order chi connectivity index (χ1) is 9.56. The third kappa shape index (κ3) is 4.37. The Balaban J connectivity index is 2.20. The number of rotatable bonds is 2. The van der Waals surface area contributed by atoms with Gasteiger partial charge in [0, 0.05) is 5.69 Å². The van der Waals surface area contributed by atoms with Gasteiger partial charge in [0.2, 0.25) is 0 Å². The van der Waals surface area contributed by atoms with Crippen molar-refractivity contribution in [1.29, 1.82) is 0 Å². The number of hydrogen-bond acceptors (Lipinski definition) is 2. The highest BCUT2D eigenvalue weighted by molar-refractivity contribution is 5.85. The number of anilines is 1. The van der Waals surface area contributed by atoms with E-state index in [1.54, 1.807) is 20.8 Å². The molecule has 1 aliphatic rings. The van der Waals surface area contributed by atoms with Gasteiger partial charge in [-0.3, -0.25) is 5.32 Å². The zero-order valence-corrected chi connectivity index (χ0v) is 12.2. The van der Waals surface area contributed by atoms with Crippen molar-refractivity contribution in [1.82, 2.24) is 0 Å². The molecule has 0 unspecified atom stereocenters. The van der Waals surface area contributed by atoms with E-state index in [1.165, 1.54) is 12.1 Å². The fourth-order valence-electron chi connectivity index (χ4n) is 2.05. The van der Waals surface area contributed by atoms with E-state index < -0.39 is 23.4 Å². The van der Waals surface area contributed by atoms with Crippen LogP contribution in [0.1, 0.15) is 50.7 Å². The van der Waals surface area contributed by atoms with Crippen molar-refractivity contribution in [3.63, 3.8) is 0 Å². The van der Waals surface area contributed by atoms with Gasteiger partial charge in [0.1, 0.15) is 5.60 Å². The molecule has 1 aromatic rings. The van der Waals surface area contributed by atoms with E-state index in [0.717, 1.165) is 18.9 Å². The molecule has 1 fully saturated rings. The van der Waals surface area contributed by atoms with Crippen molar-refractivity contribution in [2.45, 2.75) is 51.3 Å². The van der Waals surface area contributed by atoms with Crippen molar-refractivity contribution >= 4 is 11.8 Å². The number of alkyl halides is 3. The van der Waals surface area contributed by atoms with Crippen LogP contribution in [0.3, 0.4) is 0 Å². The van der Waals surface area contributed by atoms with Crippen LogP contribution >= 0.6 is 0 Å². The minimum Gasteiger partial charge on any atom is -0.444 e. The second kappa shape index (κ2) is 5.24. The van der Waals surface area contributed by atoms with E-state index in [1.807, 2.05) is 0 Å². The summed E-state index contributed by atoms with van der Waals surface area (Å²) in [6.45, 7) is 5.05. The van der Waals surface area contributed by atoms with Gasteiger partial charge in [0.25, 0.3) is 0 Å². The van der Waals surface area contributed by atoms with Gasteiger partial charge < -0.3 is 4.74 Å². The van der Waals surface area contributed by atoms with Crippen LogP contribution in [0.5, 0.6) is 0 Å². The average Bonchev–Trinajstić information content (AvgIpc) is 3.08. The molecule has 2 rings (SSSR count). The lowest BCUT2D eigenvalue weighted by Gasteiger charge is -2.20. The zero-order valence-electron chi connectivity index (χ0n) is 12.2. The number of halogens is 3. The van der Waals surface area contributed by atoms with Crippen LogP contribution in [0.25, 0.3) is 0 Å². The van der Waals surface area contributed by atoms with E-state index >= 15 is 0 Å². The summed E-state index contributed by atoms with van der Waals surface area (Å²) in [5.41, 5.74) is -0.998. The number of carbonyl (C=O) groups excluding carboxylic acids is 1. The predicted molar refractivity (Wildman–Crippen MR) is 73.3 cm³/mol. The molecule has 1 aliphatic carbocycles. The SMILES string of the molecule is CC(C)(C)OC(=O)Nc1ccc(C2CC2)c(C(F)(F)F)c1. The van der Waals surface area contributed by atoms with Gasteiger partial charge in [-0.1, -0.05) is 6.07 Å². The van der Waals surface area contributed by atoms with Crippen molar-refractivity contribution in [2.24, 2.45) is 0 Å². The minimum absolute atomic E-state index is 0.0165. The molecule has 0 aromatic heterocycles. The van der Waals surface area contributed by atoms with Crippen LogP contribution in [0.2, 0.25) is 0 Å². The number of nitrogens with one attached hydrogen (secondary N) is 1. The topological polar surface area (TPSA) is 38.3 Å². The highest BCUT2D eigenvalue weighted by Crippen LogP contribution is 2.46. The molecular weight excluding hydrogens is 283 g/mol. The van der Waals surface area contributed by atoms with Crippen LogP contribution in [-0.2, 0) is 10.9 Å². The Labute approximate surface area is 121 Å². The summed E-state index contributed by atoms with van der Waals surface area (Å²) in [5.74, 6) is -0.0165. The molecule has 0 radical (unpaired) electrons. The molecule has 0 aliphatic heterocycles. The third-order valence-electron chi connectivity index (χ3n) is 3.02. The maximum Gasteiger partial charge on any atom is 0.416 e. The summed E-state index contributed by atoms with van der Waals surface area (Å²) in [5, 5.41) is 2.34. The lowest BCUT2D eigenvalue weighted by molar-refractivity contribution is -0.138. The van der Waals surface area contributed by atoms with Crippen molar-refractivity contribution in [3.05, 3.63) is 29.3 Å². The molecule has 1 N–H and O–H groups in total. The van der Waals surface area contributed by atoms with Gasteiger partial charge in [0.05, 0.1) is 5.56 Å². The van der Waals surface area contributed by atoms with Crippen molar-refractivity contribution < 1.29 is 22.7 Å². The Kier molecular flexibility index (Phi) is 3.91. The molecule has 6 heteroatoms. The fraction of sp³-hybridized carbons (Fsp3) is 0.533. The monoisotopic (exact) mass is 301 g/mol. The maximum atomic E-state index is 13.1. The Morgan fingerprint density at radius 3 is 2.33 bits per heavy atom. The first kappa shape index (κ1) is 15.7. The lowest BCUT2D eigenvalue weighted by Crippen LogP contribution is -2.27. The zero-order chi connectivity index (χ0) is 15.8. The van der Waals surface area contributed by atoms with Gasteiger partial charge in [-0.25, -0.2) is 4.79 Å². The molecule has 1 saturated carbocycles. The summed E-state index contributed by atoms with van der Waals surface area (Å²) in [7, 11) is 0. The van der Waals surface area contributed by atoms with Crippen LogP contribution in [0.4, 0.5) is 23.7 Å². The van der Waals surface area contributed by atoms with E-state index in [-0.39, 0.29) is 11.6 Å². The molecule has 116 valence electrons. The maximum absolute atomic E-state index is 13.1. The summed E-state index contributed by atoms with van der Waals surface area (Å²) < 4.78 is 44.3. The molecule has 3 nitrogen and oxygen atoms in total. The number of hydrogen-bond donors (Lipinski definition) is 1. The van der Waals surface area contributed by atoms with E-state index in [9.17, 15) is 18.0 Å². The molecule has 0 atom stereocenters. The number of carbonyl (C=O) groups is 1. The molecular formula is C15H18F3NO2. The standard InChI is InChI=1S/C15H18F3NO2/c1-14(2,3)21-13(20)19-10-6-7-11(9-4-5-9)12(8-10)15(16,17)18/h6-9H,4-5H2,1-3H3,(H,19,20). The first-order valence-electron chi connectivity index (χ1n) is 6.77. The van der Waals surface area contributed by atoms with E-state index in [4.69, 9.17) is 4.74 Å². The highest BCUT2D eigenvalue weighted by atomic mass is 19.4. The molecule has 0 spiro atoms. The lowest BCUT2D eigenvalue weighted by atomic mass is 10.0. The average molecular weight is 301 g/mol. The van der Waals surface area contributed by atoms with Crippen LogP contribution in [0.15, 0.2) is 18.2 Å². The quantitative estimate of drug-likeness (QED) is 0.841. The molecule has 0 bridgehead atoms. The fourth-order valence-corrected chi connectivity index (χ4v) is 2.05. The summed E-state index contributed by atoms with van der Waals surface area (Å²) in [4.78, 5) is 11.6. The van der Waals surface area contributed by atoms with Gasteiger partial charge >= 0.3 is 12.3 Å². The van der Waals surface area contributed by atoms with Gasteiger partial charge in [-0.15, -0.1) is 0 Å². The third-order valence-corrected chi connectivity index (χ3v) is 3.02. The van der Waals surface area contributed by atoms with E-state index in [2.05, 4.69) is 5.32 Å². The van der Waals surface area contributed by atoms with Crippen molar-refractivity contribution in [2.75, 3.05) is 5.32 Å². The van der Waals surface area contributed by atoms with Gasteiger partial charge in [-0.05, 0) is 57.2 Å². The van der Waals surface area contributed by atoms with Crippen LogP contribution < -0.4 is 5.32 Å². The molecule has 0 heterocycles. The first-order valence-corrected chi connectivity index (χ1v) is 6.77. The van der Waals surface area contributed by atoms with Gasteiger partial charge in [0.15, 0.2) is 0 Å². The molecule has 21 heavy (non-hydrogen) atoms. The number of amides is 1. The Morgan fingerprint density at radius 1 is 1.24 bits per heavy atom. The van der Waals surface area contributed by atoms with Crippen LogP contribution in [-0.4, -0.2) is 11.7 Å². The molecule has 1 aromatic carbocycles. The minimum atomic E-state index is -4.43. The second-order valence-electron chi connectivity index (χ2n) is 6.20. The summed E-state index contributed by atoms with van der Waals surface area (Å²) in [6.07, 6.45) is -3.64. The molecule has 1 amide bonds. The Morgan fingerprint density at radius 2 is 1.86 bits per heavy atom. The van der Waals surface area contributed by atoms with Crippen LogP contribution in [0, 0.1) is 0 Å². The summed E-state index contributed by atoms with van der Waals surface area (Å²) in [6, 6.07) is 3.89. The number of ether oxygens (including phenoxy) is 1. The largest absolute Gasteiger partial charge is 0.444 e. The number of benzene rings is 1. The molecule has 0 saturated heterocycles. The Bertz CT molecular complexity index is 543. The second-order valence-corrected chi connectivity index (χ2v) is 6.20. The highest BCUT2D eigenvalue weighted by Gasteiger charge is 2.38. The summed E-state index contributed by atoms with van der Waals surface area (Å²) >= 11 is 0. The van der Waals surface area contributed by atoms with Crippen molar-refractivity contribution in [3.8, 4) is 0 Å². The normalized spacial score (nSPS) is 15.7. The Hall–Kier alpha value is -1.72. The van der Waals surface area contributed by atoms with E-state index in [0.29, 0.717) is 5.56 Å². The smallest absolute Gasteiger partial charge is 0.416 e. The predicted octanol–water partition coefficient (Wildman–Crippen LogP) is 4.93.